The summed E-state index contributed by atoms with van der Waals surface area (Å²) in [5, 5.41) is 23.1. The number of fused-ring (bicyclic) bond motifs is 1. The Kier molecular flexibility index (Phi) is 6.67. The number of carbonyl (C=O) groups excluding carboxylic acids is 3. The Bertz CT molecular complexity index is 1770. The van der Waals surface area contributed by atoms with Crippen LogP contribution in [-0.2, 0) is 14.3 Å². The molecule has 0 saturated carbocycles. The highest BCUT2D eigenvalue weighted by molar-refractivity contribution is 7.17. The van der Waals surface area contributed by atoms with Gasteiger partial charge < -0.3 is 14.2 Å². The lowest BCUT2D eigenvalue weighted by molar-refractivity contribution is -0.384. The number of aliphatic hydroxyl groups is 1. The Balaban J connectivity index is 1.76. The van der Waals surface area contributed by atoms with Crippen LogP contribution in [0.4, 0.5) is 10.8 Å². The first-order chi connectivity index (χ1) is 19.0. The maximum atomic E-state index is 13.5. The number of nitrogens with zero attached hydrogens (tertiary/aromatic N) is 5. The van der Waals surface area contributed by atoms with Crippen molar-refractivity contribution in [1.82, 2.24) is 14.4 Å². The maximum Gasteiger partial charge on any atom is 0.350 e. The van der Waals surface area contributed by atoms with Crippen LogP contribution in [0.15, 0.2) is 48.2 Å². The molecule has 1 unspecified atom stereocenters. The second kappa shape index (κ2) is 10.0. The number of aliphatic hydroxyl groups excluding tert-OH is 1. The number of hydrogen-bond acceptors (Lipinski definition) is 10. The number of ether oxygens (including phenoxy) is 1. The van der Waals surface area contributed by atoms with Crippen LogP contribution < -0.4 is 4.90 Å². The molecule has 1 fully saturated rings. The van der Waals surface area contributed by atoms with Gasteiger partial charge in [-0.3, -0.25) is 24.6 Å². The van der Waals surface area contributed by atoms with Crippen molar-refractivity contribution >= 4 is 51.2 Å². The monoisotopic (exact) mass is 561 g/mol. The number of hydrogen-bond donors (Lipinski definition) is 1. The van der Waals surface area contributed by atoms with Gasteiger partial charge in [0.15, 0.2) is 10.9 Å². The first-order valence-corrected chi connectivity index (χ1v) is 13.0. The quantitative estimate of drug-likeness (QED) is 0.0898. The van der Waals surface area contributed by atoms with Crippen LogP contribution in [0.1, 0.15) is 50.8 Å². The molecule has 5 rings (SSSR count). The van der Waals surface area contributed by atoms with Crippen LogP contribution in [0.3, 0.4) is 0 Å². The minimum absolute atomic E-state index is 0.000719. The number of nitro groups is 1. The molecule has 1 N–H and O–H groups in total. The molecule has 204 valence electrons. The Hall–Kier alpha value is -4.91. The van der Waals surface area contributed by atoms with Gasteiger partial charge in [0.1, 0.15) is 16.2 Å². The van der Waals surface area contributed by atoms with Crippen molar-refractivity contribution in [2.45, 2.75) is 33.7 Å². The number of pyridine rings is 1. The number of carbonyl (C=O) groups is 3. The van der Waals surface area contributed by atoms with E-state index in [4.69, 9.17) is 4.74 Å². The fourth-order valence-electron chi connectivity index (χ4n) is 4.70. The lowest BCUT2D eigenvalue weighted by atomic mass is 9.96. The van der Waals surface area contributed by atoms with Crippen molar-refractivity contribution in [3.63, 3.8) is 0 Å². The molecule has 4 aromatic rings. The van der Waals surface area contributed by atoms with E-state index in [1.54, 1.807) is 31.4 Å². The van der Waals surface area contributed by atoms with Crippen molar-refractivity contribution in [2.24, 2.45) is 0 Å². The summed E-state index contributed by atoms with van der Waals surface area (Å²) in [6.07, 6.45) is 1.76. The summed E-state index contributed by atoms with van der Waals surface area (Å²) in [7, 11) is 0. The van der Waals surface area contributed by atoms with Crippen molar-refractivity contribution in [1.29, 1.82) is 0 Å². The van der Waals surface area contributed by atoms with Crippen LogP contribution in [0.2, 0.25) is 0 Å². The van der Waals surface area contributed by atoms with E-state index in [2.05, 4.69) is 9.97 Å². The minimum atomic E-state index is -1.29. The zero-order chi connectivity index (χ0) is 28.9. The number of ketones is 1. The van der Waals surface area contributed by atoms with Gasteiger partial charge in [0.05, 0.1) is 34.5 Å². The summed E-state index contributed by atoms with van der Waals surface area (Å²) in [5.74, 6) is -3.20. The van der Waals surface area contributed by atoms with Gasteiger partial charge in [0.2, 0.25) is 0 Å². The van der Waals surface area contributed by atoms with Crippen molar-refractivity contribution in [3.05, 3.63) is 91.4 Å². The molecule has 0 radical (unpaired) electrons. The zero-order valence-corrected chi connectivity index (χ0v) is 22.7. The first-order valence-electron chi connectivity index (χ1n) is 12.2. The van der Waals surface area contributed by atoms with Crippen molar-refractivity contribution in [3.8, 4) is 0 Å². The number of benzene rings is 1. The van der Waals surface area contributed by atoms with Gasteiger partial charge >= 0.3 is 11.9 Å². The first kappa shape index (κ1) is 26.7. The summed E-state index contributed by atoms with van der Waals surface area (Å²) in [6.45, 7) is 6.90. The standard InChI is InChI=1S/C27H23N5O7S/c1-5-39-26(36)23-14(3)28-27(40-23)31-20(16-9-6-10-17(12-16)32(37)38)18(22(34)25(31)35)21(33)19-15(4)30-11-7-8-13(2)24(30)29-19/h6-12,20,33H,5H2,1-4H3/b21-18+. The molecule has 1 amide bonds. The molecule has 12 nitrogen and oxygen atoms in total. The third kappa shape index (κ3) is 4.20. The molecule has 1 saturated heterocycles. The lowest BCUT2D eigenvalue weighted by Gasteiger charge is -2.22. The molecule has 3 aromatic heterocycles. The van der Waals surface area contributed by atoms with Crippen molar-refractivity contribution < 1.29 is 29.2 Å². The zero-order valence-electron chi connectivity index (χ0n) is 21.9. The van der Waals surface area contributed by atoms with Crippen molar-refractivity contribution in [2.75, 3.05) is 11.5 Å². The Morgan fingerprint density at radius 1 is 1.18 bits per heavy atom. The molecule has 13 heteroatoms. The number of Topliss-reactive ketones (excluding diaryl/α,β-unsaturated/α-hetero) is 1. The van der Waals surface area contributed by atoms with Crippen LogP contribution in [0, 0.1) is 30.9 Å². The predicted molar refractivity (Wildman–Crippen MR) is 145 cm³/mol. The van der Waals surface area contributed by atoms with E-state index in [-0.39, 0.29) is 44.8 Å². The largest absolute Gasteiger partial charge is 0.505 e. The summed E-state index contributed by atoms with van der Waals surface area (Å²) < 4.78 is 6.83. The predicted octanol–water partition coefficient (Wildman–Crippen LogP) is 4.43. The van der Waals surface area contributed by atoms with Crippen LogP contribution in [0.25, 0.3) is 11.4 Å². The van der Waals surface area contributed by atoms with E-state index in [1.165, 1.54) is 24.3 Å². The van der Waals surface area contributed by atoms with E-state index in [0.717, 1.165) is 21.8 Å². The van der Waals surface area contributed by atoms with Crippen LogP contribution >= 0.6 is 11.3 Å². The number of thiazole rings is 1. The Labute approximate surface area is 231 Å². The average Bonchev–Trinajstić information content (AvgIpc) is 3.56. The third-order valence-electron chi connectivity index (χ3n) is 6.60. The lowest BCUT2D eigenvalue weighted by Crippen LogP contribution is -2.29. The van der Waals surface area contributed by atoms with Gasteiger partial charge in [0, 0.05) is 18.3 Å². The molecule has 0 bridgehead atoms. The fraction of sp³-hybridized carbons (Fsp3) is 0.222. The maximum absolute atomic E-state index is 13.5. The molecule has 0 spiro atoms. The number of amides is 1. The Morgan fingerprint density at radius 3 is 2.60 bits per heavy atom. The normalized spacial score (nSPS) is 16.6. The molecular formula is C27H23N5O7S. The number of esters is 1. The highest BCUT2D eigenvalue weighted by Crippen LogP contribution is 2.44. The van der Waals surface area contributed by atoms with Gasteiger partial charge in [-0.15, -0.1) is 0 Å². The van der Waals surface area contributed by atoms with Crippen LogP contribution in [0.5, 0.6) is 0 Å². The second-order valence-corrected chi connectivity index (χ2v) is 10.1. The van der Waals surface area contributed by atoms with Crippen LogP contribution in [-0.4, -0.2) is 48.7 Å². The minimum Gasteiger partial charge on any atom is -0.505 e. The summed E-state index contributed by atoms with van der Waals surface area (Å²) in [4.78, 5) is 60.6. The van der Waals surface area contributed by atoms with Gasteiger partial charge in [-0.2, -0.15) is 0 Å². The fourth-order valence-corrected chi connectivity index (χ4v) is 5.69. The molecule has 1 aliphatic rings. The smallest absolute Gasteiger partial charge is 0.350 e. The number of anilines is 1. The van der Waals surface area contributed by atoms with E-state index < -0.39 is 34.4 Å². The van der Waals surface area contributed by atoms with Gasteiger partial charge in [0.25, 0.3) is 11.5 Å². The molecule has 0 aliphatic carbocycles. The molecule has 1 aromatic carbocycles. The highest BCUT2D eigenvalue weighted by atomic mass is 32.1. The van der Waals surface area contributed by atoms with E-state index >= 15 is 0 Å². The molecule has 1 atom stereocenters. The second-order valence-electron chi connectivity index (χ2n) is 9.08. The number of aryl methyl sites for hydroxylation is 3. The van der Waals surface area contributed by atoms with E-state index in [0.29, 0.717) is 11.3 Å². The molecule has 1 aliphatic heterocycles. The number of nitro benzene ring substituents is 1. The topological polar surface area (TPSA) is 157 Å². The van der Waals surface area contributed by atoms with E-state index in [1.807, 2.05) is 19.1 Å². The molecule has 4 heterocycles. The van der Waals surface area contributed by atoms with Gasteiger partial charge in [-0.05, 0) is 44.9 Å². The number of imidazole rings is 1. The number of non-ortho nitro benzene ring substituents is 1. The Morgan fingerprint density at radius 2 is 1.93 bits per heavy atom. The summed E-state index contributed by atoms with van der Waals surface area (Å²) >= 11 is 0.847. The SMILES string of the molecule is CCOC(=O)c1sc(N2C(=O)C(=O)/C(=C(/O)c3nc4c(C)cccn4c3C)C2c2cccc([N+](=O)[O-])c2)nc1C. The molecular weight excluding hydrogens is 538 g/mol. The van der Waals surface area contributed by atoms with E-state index in [9.17, 15) is 29.6 Å². The summed E-state index contributed by atoms with van der Waals surface area (Å²) in [6, 6.07) is 7.81. The van der Waals surface area contributed by atoms with Gasteiger partial charge in [-0.1, -0.05) is 29.5 Å². The third-order valence-corrected chi connectivity index (χ3v) is 7.74. The highest BCUT2D eigenvalue weighted by Gasteiger charge is 2.49. The average molecular weight is 562 g/mol. The molecule has 40 heavy (non-hydrogen) atoms. The van der Waals surface area contributed by atoms with Gasteiger partial charge in [-0.25, -0.2) is 14.8 Å². The number of aromatic nitrogens is 3. The number of rotatable bonds is 6. The summed E-state index contributed by atoms with van der Waals surface area (Å²) in [5.41, 5.74) is 1.88.